The van der Waals surface area contributed by atoms with E-state index in [4.69, 9.17) is 14.2 Å². The van der Waals surface area contributed by atoms with Gasteiger partial charge in [-0.05, 0) is 31.1 Å². The second-order valence-corrected chi connectivity index (χ2v) is 17.5. The minimum Gasteiger partial charge on any atom is -0.462 e. The fourth-order valence-corrected chi connectivity index (χ4v) is 7.25. The van der Waals surface area contributed by atoms with Crippen molar-refractivity contribution in [2.24, 2.45) is 11.8 Å². The standard InChI is InChI=1S/C49H94O6/c1-6-8-9-10-11-12-13-14-15-16-17-18-19-20-21-22-29-34-39-47(50)53-42-46(43-54-48(51)40-35-30-25-23-27-32-37-44(3)4)55-49(52)41-36-31-26-24-28-33-38-45(5)7-2/h44-46H,6-43H2,1-5H3/t45?,46-/m1/s1. The van der Waals surface area contributed by atoms with Gasteiger partial charge in [0, 0.05) is 19.3 Å². The number of carbonyl (C=O) groups excluding carboxylic acids is 3. The highest BCUT2D eigenvalue weighted by molar-refractivity contribution is 5.71. The summed E-state index contributed by atoms with van der Waals surface area (Å²) in [6, 6.07) is 0. The number of rotatable bonds is 43. The molecule has 55 heavy (non-hydrogen) atoms. The Morgan fingerprint density at radius 3 is 1.04 bits per heavy atom. The van der Waals surface area contributed by atoms with Crippen LogP contribution < -0.4 is 0 Å². The van der Waals surface area contributed by atoms with Crippen molar-refractivity contribution < 1.29 is 28.6 Å². The highest BCUT2D eigenvalue weighted by Crippen LogP contribution is 2.17. The summed E-state index contributed by atoms with van der Waals surface area (Å²) < 4.78 is 16.7. The third-order valence-corrected chi connectivity index (χ3v) is 11.3. The van der Waals surface area contributed by atoms with Crippen LogP contribution in [-0.2, 0) is 28.6 Å². The molecular formula is C49H94O6. The smallest absolute Gasteiger partial charge is 0.306 e. The van der Waals surface area contributed by atoms with Crippen molar-refractivity contribution in [3.05, 3.63) is 0 Å². The average molecular weight is 779 g/mol. The minimum atomic E-state index is -0.762. The molecule has 0 saturated heterocycles. The van der Waals surface area contributed by atoms with E-state index in [0.717, 1.165) is 69.6 Å². The van der Waals surface area contributed by atoms with Gasteiger partial charge < -0.3 is 14.2 Å². The minimum absolute atomic E-state index is 0.0660. The highest BCUT2D eigenvalue weighted by atomic mass is 16.6. The molecule has 0 bridgehead atoms. The number of carbonyl (C=O) groups is 3. The van der Waals surface area contributed by atoms with E-state index in [0.29, 0.717) is 19.3 Å². The average Bonchev–Trinajstić information content (AvgIpc) is 3.17. The van der Waals surface area contributed by atoms with Crippen LogP contribution in [0.1, 0.15) is 266 Å². The Balaban J connectivity index is 4.23. The Morgan fingerprint density at radius 1 is 0.382 bits per heavy atom. The summed E-state index contributed by atoms with van der Waals surface area (Å²) in [5.41, 5.74) is 0. The second kappa shape index (κ2) is 42.0. The third-order valence-electron chi connectivity index (χ3n) is 11.3. The van der Waals surface area contributed by atoms with Crippen LogP contribution in [0.2, 0.25) is 0 Å². The molecule has 0 aromatic heterocycles. The van der Waals surface area contributed by atoms with Crippen LogP contribution in [0.3, 0.4) is 0 Å². The molecule has 0 spiro atoms. The van der Waals surface area contributed by atoms with E-state index in [2.05, 4.69) is 34.6 Å². The first-order chi connectivity index (χ1) is 26.8. The van der Waals surface area contributed by atoms with E-state index < -0.39 is 6.10 Å². The lowest BCUT2D eigenvalue weighted by Crippen LogP contribution is -2.30. The quantitative estimate of drug-likeness (QED) is 0.0348. The predicted octanol–water partition coefficient (Wildman–Crippen LogP) is 15.4. The molecule has 0 fully saturated rings. The molecule has 0 amide bonds. The summed E-state index contributed by atoms with van der Waals surface area (Å²) in [6.07, 6.45) is 41.1. The Kier molecular flexibility index (Phi) is 40.8. The molecule has 0 aliphatic carbocycles. The van der Waals surface area contributed by atoms with Crippen LogP contribution in [-0.4, -0.2) is 37.2 Å². The topological polar surface area (TPSA) is 78.9 Å². The van der Waals surface area contributed by atoms with Crippen molar-refractivity contribution in [2.45, 2.75) is 272 Å². The number of hydrogen-bond acceptors (Lipinski definition) is 6. The lowest BCUT2D eigenvalue weighted by Gasteiger charge is -2.18. The summed E-state index contributed by atoms with van der Waals surface area (Å²) in [5, 5.41) is 0. The molecule has 0 aliphatic rings. The molecule has 6 heteroatoms. The van der Waals surface area contributed by atoms with Crippen molar-refractivity contribution in [1.82, 2.24) is 0 Å². The van der Waals surface area contributed by atoms with E-state index in [1.807, 2.05) is 0 Å². The number of hydrogen-bond donors (Lipinski definition) is 0. The first-order valence-electron chi connectivity index (χ1n) is 24.3. The van der Waals surface area contributed by atoms with Crippen molar-refractivity contribution in [3.63, 3.8) is 0 Å². The molecule has 2 atom stereocenters. The van der Waals surface area contributed by atoms with Gasteiger partial charge in [-0.3, -0.25) is 14.4 Å². The van der Waals surface area contributed by atoms with Gasteiger partial charge >= 0.3 is 17.9 Å². The van der Waals surface area contributed by atoms with Crippen LogP contribution in [0.4, 0.5) is 0 Å². The van der Waals surface area contributed by atoms with Gasteiger partial charge in [-0.1, -0.05) is 227 Å². The van der Waals surface area contributed by atoms with Gasteiger partial charge in [-0.25, -0.2) is 0 Å². The number of unbranched alkanes of at least 4 members (excludes halogenated alkanes) is 27. The van der Waals surface area contributed by atoms with Gasteiger partial charge in [-0.2, -0.15) is 0 Å². The van der Waals surface area contributed by atoms with Crippen molar-refractivity contribution >= 4 is 17.9 Å². The highest BCUT2D eigenvalue weighted by Gasteiger charge is 2.19. The summed E-state index contributed by atoms with van der Waals surface area (Å²) in [7, 11) is 0. The molecular weight excluding hydrogens is 685 g/mol. The summed E-state index contributed by atoms with van der Waals surface area (Å²) >= 11 is 0. The van der Waals surface area contributed by atoms with Gasteiger partial charge in [-0.15, -0.1) is 0 Å². The van der Waals surface area contributed by atoms with Crippen molar-refractivity contribution in [3.8, 4) is 0 Å². The first kappa shape index (κ1) is 53.4. The molecule has 0 radical (unpaired) electrons. The van der Waals surface area contributed by atoms with Crippen LogP contribution in [0, 0.1) is 11.8 Å². The molecule has 0 aromatic rings. The van der Waals surface area contributed by atoms with E-state index >= 15 is 0 Å². The van der Waals surface area contributed by atoms with Crippen LogP contribution >= 0.6 is 0 Å². The molecule has 0 aliphatic heterocycles. The van der Waals surface area contributed by atoms with Gasteiger partial charge in [0.15, 0.2) is 6.10 Å². The first-order valence-corrected chi connectivity index (χ1v) is 24.3. The zero-order valence-corrected chi connectivity index (χ0v) is 37.6. The maximum atomic E-state index is 12.7. The molecule has 0 saturated carbocycles. The third kappa shape index (κ3) is 41.9. The lowest BCUT2D eigenvalue weighted by atomic mass is 10.00. The zero-order chi connectivity index (χ0) is 40.5. The van der Waals surface area contributed by atoms with Crippen LogP contribution in [0.25, 0.3) is 0 Å². The van der Waals surface area contributed by atoms with Gasteiger partial charge in [0.1, 0.15) is 13.2 Å². The zero-order valence-electron chi connectivity index (χ0n) is 37.6. The summed E-state index contributed by atoms with van der Waals surface area (Å²) in [6.45, 7) is 11.3. The Hall–Kier alpha value is -1.59. The van der Waals surface area contributed by atoms with Crippen LogP contribution in [0.5, 0.6) is 0 Å². The van der Waals surface area contributed by atoms with E-state index in [9.17, 15) is 14.4 Å². The normalized spacial score (nSPS) is 12.5. The van der Waals surface area contributed by atoms with E-state index in [1.165, 1.54) is 154 Å². The number of ether oxygens (including phenoxy) is 3. The fraction of sp³-hybridized carbons (Fsp3) is 0.939. The largest absolute Gasteiger partial charge is 0.462 e. The maximum absolute atomic E-state index is 12.7. The Bertz CT molecular complexity index is 841. The monoisotopic (exact) mass is 779 g/mol. The number of esters is 3. The molecule has 0 N–H and O–H groups in total. The lowest BCUT2D eigenvalue weighted by molar-refractivity contribution is -0.167. The van der Waals surface area contributed by atoms with E-state index in [1.54, 1.807) is 0 Å². The Morgan fingerprint density at radius 2 is 0.691 bits per heavy atom. The van der Waals surface area contributed by atoms with E-state index in [-0.39, 0.29) is 31.1 Å². The van der Waals surface area contributed by atoms with Gasteiger partial charge in [0.25, 0.3) is 0 Å². The maximum Gasteiger partial charge on any atom is 0.306 e. The predicted molar refractivity (Wildman–Crippen MR) is 233 cm³/mol. The SMILES string of the molecule is CCCCCCCCCCCCCCCCCCCCC(=O)OC[C@H](COC(=O)CCCCCCCCC(C)C)OC(=O)CCCCCCCCC(C)CC. The second-order valence-electron chi connectivity index (χ2n) is 17.5. The van der Waals surface area contributed by atoms with Crippen molar-refractivity contribution in [2.75, 3.05) is 13.2 Å². The van der Waals surface area contributed by atoms with Gasteiger partial charge in [0.2, 0.25) is 0 Å². The summed E-state index contributed by atoms with van der Waals surface area (Å²) in [5.74, 6) is 0.711. The van der Waals surface area contributed by atoms with Crippen molar-refractivity contribution in [1.29, 1.82) is 0 Å². The molecule has 0 heterocycles. The molecule has 0 rings (SSSR count). The van der Waals surface area contributed by atoms with Gasteiger partial charge in [0.05, 0.1) is 0 Å². The fourth-order valence-electron chi connectivity index (χ4n) is 7.25. The molecule has 0 aromatic carbocycles. The van der Waals surface area contributed by atoms with Crippen LogP contribution in [0.15, 0.2) is 0 Å². The molecule has 6 nitrogen and oxygen atoms in total. The molecule has 1 unspecified atom stereocenters. The molecule has 326 valence electrons. The Labute approximate surface area is 342 Å². The summed E-state index contributed by atoms with van der Waals surface area (Å²) in [4.78, 5) is 37.7.